The zero-order valence-electron chi connectivity index (χ0n) is 11.5. The second kappa shape index (κ2) is 4.76. The van der Waals surface area contributed by atoms with Crippen molar-refractivity contribution in [1.29, 1.82) is 0 Å². The summed E-state index contributed by atoms with van der Waals surface area (Å²) in [6.45, 7) is 3.16. The molecule has 1 aromatic carbocycles. The minimum atomic E-state index is -0.0155. The van der Waals surface area contributed by atoms with Crippen LogP contribution in [0.2, 0.25) is 0 Å². The molecule has 2 aliphatic heterocycles. The summed E-state index contributed by atoms with van der Waals surface area (Å²) in [5.41, 5.74) is 2.00. The lowest BCUT2D eigenvalue weighted by Gasteiger charge is -2.43. The summed E-state index contributed by atoms with van der Waals surface area (Å²) in [6.07, 6.45) is 3.28. The zero-order valence-corrected chi connectivity index (χ0v) is 11.5. The average molecular weight is 260 g/mol. The molecule has 0 spiro atoms. The molecule has 2 unspecified atom stereocenters. The van der Waals surface area contributed by atoms with Gasteiger partial charge in [0.15, 0.2) is 0 Å². The number of anilines is 2. The Morgan fingerprint density at radius 2 is 2.32 bits per heavy atom. The van der Waals surface area contributed by atoms with Gasteiger partial charge in [-0.05, 0) is 30.9 Å². The van der Waals surface area contributed by atoms with Crippen molar-refractivity contribution in [2.75, 3.05) is 23.9 Å². The predicted octanol–water partition coefficient (Wildman–Crippen LogP) is 2.64. The molecule has 2 atom stereocenters. The molecule has 102 valence electrons. The quantitative estimate of drug-likeness (QED) is 0.888. The maximum atomic E-state index is 12.2. The highest BCUT2D eigenvalue weighted by atomic mass is 16.5. The van der Waals surface area contributed by atoms with Crippen molar-refractivity contribution in [3.8, 4) is 5.75 Å². The molecule has 0 bridgehead atoms. The molecular formula is C15H20N2O2. The molecule has 0 saturated carbocycles. The van der Waals surface area contributed by atoms with E-state index in [-0.39, 0.29) is 11.9 Å². The second-order valence-corrected chi connectivity index (χ2v) is 5.38. The number of nitrogens with zero attached hydrogens (tertiary/aromatic N) is 1. The molecule has 4 heteroatoms. The number of piperidine rings is 1. The van der Waals surface area contributed by atoms with E-state index < -0.39 is 0 Å². The van der Waals surface area contributed by atoms with Crippen molar-refractivity contribution in [2.45, 2.75) is 32.2 Å². The van der Waals surface area contributed by atoms with Gasteiger partial charge in [0.2, 0.25) is 5.91 Å². The summed E-state index contributed by atoms with van der Waals surface area (Å²) in [5, 5.41) is 3.02. The standard InChI is InChI=1S/C15H20N2O2/c1-3-10-6-7-17-13-9-11(19-2)4-5-12(13)16-15(18)14(17)8-10/h4-5,9-10,14H,3,6-8H2,1-2H3,(H,16,18). The van der Waals surface area contributed by atoms with E-state index in [2.05, 4.69) is 17.1 Å². The van der Waals surface area contributed by atoms with Crippen molar-refractivity contribution in [1.82, 2.24) is 0 Å². The number of carbonyl (C=O) groups is 1. The van der Waals surface area contributed by atoms with E-state index in [0.29, 0.717) is 5.92 Å². The summed E-state index contributed by atoms with van der Waals surface area (Å²) in [7, 11) is 1.67. The Morgan fingerprint density at radius 1 is 1.47 bits per heavy atom. The van der Waals surface area contributed by atoms with Crippen LogP contribution in [0.3, 0.4) is 0 Å². The number of hydrogen-bond donors (Lipinski definition) is 1. The molecule has 4 nitrogen and oxygen atoms in total. The summed E-state index contributed by atoms with van der Waals surface area (Å²) >= 11 is 0. The molecule has 3 rings (SSSR count). The lowest BCUT2D eigenvalue weighted by atomic mass is 9.87. The fraction of sp³-hybridized carbons (Fsp3) is 0.533. The molecule has 0 radical (unpaired) electrons. The van der Waals surface area contributed by atoms with E-state index in [0.717, 1.165) is 42.9 Å². The maximum Gasteiger partial charge on any atom is 0.247 e. The first-order chi connectivity index (χ1) is 9.22. The third-order valence-corrected chi connectivity index (χ3v) is 4.36. The third-order valence-electron chi connectivity index (χ3n) is 4.36. The largest absolute Gasteiger partial charge is 0.497 e. The minimum Gasteiger partial charge on any atom is -0.497 e. The monoisotopic (exact) mass is 260 g/mol. The Balaban J connectivity index is 1.95. The Kier molecular flexibility index (Phi) is 3.09. The fourth-order valence-electron chi connectivity index (χ4n) is 3.14. The van der Waals surface area contributed by atoms with E-state index >= 15 is 0 Å². The van der Waals surface area contributed by atoms with E-state index in [1.165, 1.54) is 0 Å². The van der Waals surface area contributed by atoms with Crippen LogP contribution in [-0.4, -0.2) is 25.6 Å². The summed E-state index contributed by atoms with van der Waals surface area (Å²) in [5.74, 6) is 1.64. The maximum absolute atomic E-state index is 12.2. The van der Waals surface area contributed by atoms with Crippen LogP contribution >= 0.6 is 0 Å². The highest BCUT2D eigenvalue weighted by Crippen LogP contribution is 2.39. The van der Waals surface area contributed by atoms with Crippen LogP contribution in [0.5, 0.6) is 5.75 Å². The van der Waals surface area contributed by atoms with Crippen LogP contribution < -0.4 is 15.0 Å². The molecule has 1 aromatic rings. The van der Waals surface area contributed by atoms with Crippen molar-refractivity contribution < 1.29 is 9.53 Å². The average Bonchev–Trinajstić information content (AvgIpc) is 2.46. The smallest absolute Gasteiger partial charge is 0.247 e. The molecule has 1 saturated heterocycles. The number of ether oxygens (including phenoxy) is 1. The van der Waals surface area contributed by atoms with Gasteiger partial charge in [-0.1, -0.05) is 13.3 Å². The van der Waals surface area contributed by atoms with Crippen LogP contribution in [0.1, 0.15) is 26.2 Å². The van der Waals surface area contributed by atoms with Crippen LogP contribution in [0.15, 0.2) is 18.2 Å². The molecule has 2 heterocycles. The van der Waals surface area contributed by atoms with Gasteiger partial charge < -0.3 is 15.0 Å². The van der Waals surface area contributed by atoms with E-state index in [9.17, 15) is 4.79 Å². The van der Waals surface area contributed by atoms with Crippen molar-refractivity contribution in [3.63, 3.8) is 0 Å². The molecular weight excluding hydrogens is 240 g/mol. The van der Waals surface area contributed by atoms with Crippen molar-refractivity contribution in [2.24, 2.45) is 5.92 Å². The van der Waals surface area contributed by atoms with Crippen LogP contribution in [0.4, 0.5) is 11.4 Å². The zero-order chi connectivity index (χ0) is 13.4. The van der Waals surface area contributed by atoms with Crippen LogP contribution in [-0.2, 0) is 4.79 Å². The van der Waals surface area contributed by atoms with Gasteiger partial charge in [0.1, 0.15) is 11.8 Å². The Bertz CT molecular complexity index is 501. The topological polar surface area (TPSA) is 41.6 Å². The molecule has 0 aliphatic carbocycles. The van der Waals surface area contributed by atoms with Gasteiger partial charge in [-0.25, -0.2) is 0 Å². The summed E-state index contributed by atoms with van der Waals surface area (Å²) < 4.78 is 5.29. The fourth-order valence-corrected chi connectivity index (χ4v) is 3.14. The highest BCUT2D eigenvalue weighted by Gasteiger charge is 2.37. The van der Waals surface area contributed by atoms with E-state index in [1.54, 1.807) is 7.11 Å². The molecule has 0 aromatic heterocycles. The van der Waals surface area contributed by atoms with Gasteiger partial charge in [-0.15, -0.1) is 0 Å². The number of hydrogen-bond acceptors (Lipinski definition) is 3. The lowest BCUT2D eigenvalue weighted by Crippen LogP contribution is -2.52. The van der Waals surface area contributed by atoms with Gasteiger partial charge in [0.25, 0.3) is 0 Å². The molecule has 1 fully saturated rings. The number of amides is 1. The first-order valence-corrected chi connectivity index (χ1v) is 6.98. The molecule has 1 N–H and O–H groups in total. The van der Waals surface area contributed by atoms with Crippen LogP contribution in [0, 0.1) is 5.92 Å². The molecule has 19 heavy (non-hydrogen) atoms. The normalized spacial score (nSPS) is 25.4. The summed E-state index contributed by atoms with van der Waals surface area (Å²) in [4.78, 5) is 14.5. The number of benzene rings is 1. The van der Waals surface area contributed by atoms with Gasteiger partial charge in [0.05, 0.1) is 18.5 Å². The number of fused-ring (bicyclic) bond motifs is 3. The predicted molar refractivity (Wildman–Crippen MR) is 75.8 cm³/mol. The number of methoxy groups -OCH3 is 1. The minimum absolute atomic E-state index is 0.0155. The van der Waals surface area contributed by atoms with Gasteiger partial charge in [-0.2, -0.15) is 0 Å². The first-order valence-electron chi connectivity index (χ1n) is 6.98. The first kappa shape index (κ1) is 12.3. The van der Waals surface area contributed by atoms with Crippen molar-refractivity contribution in [3.05, 3.63) is 18.2 Å². The SMILES string of the molecule is CCC1CCN2c3cc(OC)ccc3NC(=O)C2C1. The van der Waals surface area contributed by atoms with Crippen LogP contribution in [0.25, 0.3) is 0 Å². The van der Waals surface area contributed by atoms with Crippen molar-refractivity contribution >= 4 is 17.3 Å². The van der Waals surface area contributed by atoms with E-state index in [1.807, 2.05) is 18.2 Å². The summed E-state index contributed by atoms with van der Waals surface area (Å²) in [6, 6.07) is 5.82. The van der Waals surface area contributed by atoms with Gasteiger partial charge in [-0.3, -0.25) is 4.79 Å². The Labute approximate surface area is 113 Å². The van der Waals surface area contributed by atoms with Gasteiger partial charge >= 0.3 is 0 Å². The molecule has 1 amide bonds. The Hall–Kier alpha value is -1.71. The second-order valence-electron chi connectivity index (χ2n) is 5.38. The highest BCUT2D eigenvalue weighted by molar-refractivity contribution is 6.03. The lowest BCUT2D eigenvalue weighted by molar-refractivity contribution is -0.118. The number of nitrogens with one attached hydrogen (secondary N) is 1. The molecule has 2 aliphatic rings. The number of rotatable bonds is 2. The third kappa shape index (κ3) is 2.05. The van der Waals surface area contributed by atoms with Gasteiger partial charge in [0, 0.05) is 12.6 Å². The number of carbonyl (C=O) groups excluding carboxylic acids is 1. The van der Waals surface area contributed by atoms with E-state index in [4.69, 9.17) is 4.74 Å². The Morgan fingerprint density at radius 3 is 3.05 bits per heavy atom.